The molecule has 0 aromatic carbocycles. The Balaban J connectivity index is 1.91. The smallest absolute Gasteiger partial charge is 0.0107 e. The van der Waals surface area contributed by atoms with Crippen molar-refractivity contribution in [3.63, 3.8) is 0 Å². The van der Waals surface area contributed by atoms with Gasteiger partial charge in [-0.15, -0.1) is 0 Å². The molecule has 1 heterocycles. The molecule has 0 amide bonds. The Kier molecular flexibility index (Phi) is 7.03. The molecule has 90 valence electrons. The van der Waals surface area contributed by atoms with Gasteiger partial charge < -0.3 is 10.2 Å². The molecule has 2 heteroatoms. The van der Waals surface area contributed by atoms with Crippen LogP contribution in [0.1, 0.15) is 46.0 Å². The fourth-order valence-electron chi connectivity index (χ4n) is 2.36. The van der Waals surface area contributed by atoms with Crippen LogP contribution in [-0.2, 0) is 0 Å². The quantitative estimate of drug-likeness (QED) is 0.652. The van der Waals surface area contributed by atoms with Gasteiger partial charge in [-0.05, 0) is 44.8 Å². The van der Waals surface area contributed by atoms with Crippen molar-refractivity contribution in [1.82, 2.24) is 10.2 Å². The number of rotatable bonds is 7. The number of likely N-dealkylation sites (tertiary alicyclic amines) is 1. The highest BCUT2D eigenvalue weighted by atomic mass is 15.1. The fourth-order valence-corrected chi connectivity index (χ4v) is 2.36. The molecule has 1 N–H and O–H groups in total. The van der Waals surface area contributed by atoms with Gasteiger partial charge in [0.2, 0.25) is 0 Å². The summed E-state index contributed by atoms with van der Waals surface area (Å²) in [6.45, 7) is 10.9. The van der Waals surface area contributed by atoms with Crippen molar-refractivity contribution in [2.45, 2.75) is 46.0 Å². The van der Waals surface area contributed by atoms with Crippen LogP contribution in [0.3, 0.4) is 0 Å². The molecule has 0 aromatic rings. The van der Waals surface area contributed by atoms with Gasteiger partial charge in [-0.3, -0.25) is 0 Å². The van der Waals surface area contributed by atoms with E-state index in [1.807, 2.05) is 0 Å². The second-order valence-corrected chi connectivity index (χ2v) is 5.00. The van der Waals surface area contributed by atoms with Crippen LogP contribution in [0.2, 0.25) is 0 Å². The van der Waals surface area contributed by atoms with Crippen molar-refractivity contribution < 1.29 is 0 Å². The molecular formula is C13H28N2. The molecule has 0 spiro atoms. The van der Waals surface area contributed by atoms with Crippen molar-refractivity contribution in [3.8, 4) is 0 Å². The van der Waals surface area contributed by atoms with E-state index in [-0.39, 0.29) is 0 Å². The molecule has 0 bridgehead atoms. The molecule has 1 aliphatic heterocycles. The van der Waals surface area contributed by atoms with Crippen molar-refractivity contribution >= 4 is 0 Å². The lowest BCUT2D eigenvalue weighted by Crippen LogP contribution is -2.36. The van der Waals surface area contributed by atoms with Gasteiger partial charge in [0.15, 0.2) is 0 Å². The van der Waals surface area contributed by atoms with Gasteiger partial charge in [-0.25, -0.2) is 0 Å². The predicted molar refractivity (Wildman–Crippen MR) is 67.2 cm³/mol. The highest BCUT2D eigenvalue weighted by Gasteiger charge is 2.08. The lowest BCUT2D eigenvalue weighted by atomic mass is 10.1. The Morgan fingerprint density at radius 3 is 2.60 bits per heavy atom. The first-order chi connectivity index (χ1) is 7.33. The van der Waals surface area contributed by atoms with Crippen LogP contribution in [0.5, 0.6) is 0 Å². The molecule has 1 rings (SSSR count). The summed E-state index contributed by atoms with van der Waals surface area (Å²) in [5.74, 6) is 0.844. The number of piperidine rings is 1. The van der Waals surface area contributed by atoms with Gasteiger partial charge in [0, 0.05) is 13.1 Å². The van der Waals surface area contributed by atoms with Crippen LogP contribution >= 0.6 is 0 Å². The Hall–Kier alpha value is -0.0800. The monoisotopic (exact) mass is 212 g/mol. The molecule has 2 nitrogen and oxygen atoms in total. The van der Waals surface area contributed by atoms with Crippen LogP contribution in [-0.4, -0.2) is 37.6 Å². The number of nitrogens with zero attached hydrogens (tertiary/aromatic N) is 1. The lowest BCUT2D eigenvalue weighted by molar-refractivity contribution is 0.228. The van der Waals surface area contributed by atoms with Gasteiger partial charge in [-0.2, -0.15) is 0 Å². The van der Waals surface area contributed by atoms with E-state index in [1.54, 1.807) is 0 Å². The summed E-state index contributed by atoms with van der Waals surface area (Å²) in [5, 5.41) is 3.58. The molecule has 0 aromatic heterocycles. The molecular weight excluding hydrogens is 184 g/mol. The average Bonchev–Trinajstić information content (AvgIpc) is 2.26. The number of hydrogen-bond donors (Lipinski definition) is 1. The van der Waals surface area contributed by atoms with E-state index in [2.05, 4.69) is 24.1 Å². The predicted octanol–water partition coefficient (Wildman–Crippen LogP) is 2.50. The maximum Gasteiger partial charge on any atom is 0.0107 e. The maximum atomic E-state index is 3.58. The zero-order valence-electron chi connectivity index (χ0n) is 10.6. The second-order valence-electron chi connectivity index (χ2n) is 5.00. The van der Waals surface area contributed by atoms with Crippen LogP contribution in [0.15, 0.2) is 0 Å². The highest BCUT2D eigenvalue weighted by Crippen LogP contribution is 2.07. The molecule has 1 atom stereocenters. The van der Waals surface area contributed by atoms with Crippen LogP contribution < -0.4 is 5.32 Å². The first-order valence-electron chi connectivity index (χ1n) is 6.76. The van der Waals surface area contributed by atoms with E-state index in [4.69, 9.17) is 0 Å². The summed E-state index contributed by atoms with van der Waals surface area (Å²) in [6.07, 6.45) is 6.93. The van der Waals surface area contributed by atoms with Crippen LogP contribution in [0.4, 0.5) is 0 Å². The van der Waals surface area contributed by atoms with Crippen molar-refractivity contribution in [2.24, 2.45) is 5.92 Å². The average molecular weight is 212 g/mol. The molecule has 0 aliphatic carbocycles. The van der Waals surface area contributed by atoms with E-state index >= 15 is 0 Å². The summed E-state index contributed by atoms with van der Waals surface area (Å²) in [7, 11) is 0. The first-order valence-corrected chi connectivity index (χ1v) is 6.76. The number of hydrogen-bond acceptors (Lipinski definition) is 2. The van der Waals surface area contributed by atoms with Crippen molar-refractivity contribution in [2.75, 3.05) is 32.7 Å². The summed E-state index contributed by atoms with van der Waals surface area (Å²) >= 11 is 0. The summed E-state index contributed by atoms with van der Waals surface area (Å²) in [5.41, 5.74) is 0. The molecule has 1 fully saturated rings. The Morgan fingerprint density at radius 2 is 1.93 bits per heavy atom. The SMILES string of the molecule is CCC[C@H](C)CNCCN1CCCCC1. The minimum atomic E-state index is 0.844. The van der Waals surface area contributed by atoms with Crippen LogP contribution in [0.25, 0.3) is 0 Å². The van der Waals surface area contributed by atoms with E-state index in [0.717, 1.165) is 5.92 Å². The minimum absolute atomic E-state index is 0.844. The summed E-state index contributed by atoms with van der Waals surface area (Å²) < 4.78 is 0. The zero-order chi connectivity index (χ0) is 10.9. The highest BCUT2D eigenvalue weighted by molar-refractivity contribution is 4.66. The zero-order valence-corrected chi connectivity index (χ0v) is 10.6. The third kappa shape index (κ3) is 6.16. The van der Waals surface area contributed by atoms with E-state index in [1.165, 1.54) is 64.8 Å². The standard InChI is InChI=1S/C13H28N2/c1-3-7-13(2)12-14-8-11-15-9-5-4-6-10-15/h13-14H,3-12H2,1-2H3/t13-/m0/s1. The van der Waals surface area contributed by atoms with E-state index < -0.39 is 0 Å². The lowest BCUT2D eigenvalue weighted by Gasteiger charge is -2.26. The number of nitrogens with one attached hydrogen (secondary N) is 1. The van der Waals surface area contributed by atoms with Gasteiger partial charge in [-0.1, -0.05) is 26.7 Å². The molecule has 1 aliphatic rings. The molecule has 0 unspecified atom stereocenters. The topological polar surface area (TPSA) is 15.3 Å². The fraction of sp³-hybridized carbons (Fsp3) is 1.00. The van der Waals surface area contributed by atoms with Crippen LogP contribution in [0, 0.1) is 5.92 Å². The first kappa shape index (κ1) is 13.0. The maximum absolute atomic E-state index is 3.58. The van der Waals surface area contributed by atoms with E-state index in [0.29, 0.717) is 0 Å². The van der Waals surface area contributed by atoms with Crippen molar-refractivity contribution in [3.05, 3.63) is 0 Å². The third-order valence-corrected chi connectivity index (χ3v) is 3.33. The normalized spacial score (nSPS) is 20.4. The largest absolute Gasteiger partial charge is 0.315 e. The summed E-state index contributed by atoms with van der Waals surface area (Å²) in [6, 6.07) is 0. The van der Waals surface area contributed by atoms with Gasteiger partial charge >= 0.3 is 0 Å². The Labute approximate surface area is 95.4 Å². The van der Waals surface area contributed by atoms with Gasteiger partial charge in [0.1, 0.15) is 0 Å². The Bertz CT molecular complexity index is 141. The van der Waals surface area contributed by atoms with Gasteiger partial charge in [0.25, 0.3) is 0 Å². The Morgan fingerprint density at radius 1 is 1.20 bits per heavy atom. The molecule has 0 saturated carbocycles. The van der Waals surface area contributed by atoms with Crippen molar-refractivity contribution in [1.29, 1.82) is 0 Å². The summed E-state index contributed by atoms with van der Waals surface area (Å²) in [4.78, 5) is 2.60. The van der Waals surface area contributed by atoms with E-state index in [9.17, 15) is 0 Å². The minimum Gasteiger partial charge on any atom is -0.315 e. The molecule has 15 heavy (non-hydrogen) atoms. The van der Waals surface area contributed by atoms with Gasteiger partial charge in [0.05, 0.1) is 0 Å². The molecule has 1 saturated heterocycles. The second kappa shape index (κ2) is 8.12. The third-order valence-electron chi connectivity index (χ3n) is 3.33. The molecule has 0 radical (unpaired) electrons.